The quantitative estimate of drug-likeness (QED) is 0.535. The Kier molecular flexibility index (Phi) is 6.58. The maximum atomic E-state index is 12.8. The summed E-state index contributed by atoms with van der Waals surface area (Å²) < 4.78 is 60.6. The van der Waals surface area contributed by atoms with Crippen molar-refractivity contribution in [2.75, 3.05) is 0 Å². The summed E-state index contributed by atoms with van der Waals surface area (Å²) in [6.45, 7) is -4.91. The van der Waals surface area contributed by atoms with Crippen LogP contribution in [0.4, 0.5) is 21.7 Å². The Bertz CT molecular complexity index is 325. The minimum Gasteiger partial charge on any atom is -0.449 e. The van der Waals surface area contributed by atoms with Crippen LogP contribution in [-0.2, 0) is 6.42 Å². The third-order valence-electron chi connectivity index (χ3n) is 1.76. The van der Waals surface area contributed by atoms with Crippen molar-refractivity contribution in [2.45, 2.75) is 12.7 Å². The summed E-state index contributed by atoms with van der Waals surface area (Å²) in [5.74, 6) is -1.71. The molecule has 0 heterocycles. The first kappa shape index (κ1) is 15.6. The fraction of sp³-hybridized carbons (Fsp3) is 0.250. The third kappa shape index (κ3) is 6.01. The molecule has 1 aromatic rings. The van der Waals surface area contributed by atoms with Crippen LogP contribution in [-0.4, -0.2) is 6.98 Å². The van der Waals surface area contributed by atoms with Crippen molar-refractivity contribution in [1.29, 1.82) is 0 Å². The van der Waals surface area contributed by atoms with E-state index in [9.17, 15) is 21.7 Å². The molecule has 0 aliphatic carbocycles. The Morgan fingerprint density at radius 3 is 2.13 bits per heavy atom. The van der Waals surface area contributed by atoms with Gasteiger partial charge in [-0.2, -0.15) is 0 Å². The van der Waals surface area contributed by atoms with Crippen LogP contribution in [0.25, 0.3) is 0 Å². The zero-order valence-electron chi connectivity index (χ0n) is 8.11. The second-order valence-corrected chi connectivity index (χ2v) is 2.98. The molecule has 7 heteroatoms. The first-order valence-corrected chi connectivity index (χ1v) is 4.03. The van der Waals surface area contributed by atoms with Crippen LogP contribution in [0.5, 0.6) is 0 Å². The molecule has 1 rings (SSSR count). The largest absolute Gasteiger partial charge is 1.00 e. The van der Waals surface area contributed by atoms with Crippen molar-refractivity contribution in [3.05, 3.63) is 35.4 Å². The van der Waals surface area contributed by atoms with Gasteiger partial charge in [-0.05, 0) is 18.1 Å². The molecule has 0 atom stereocenters. The molecule has 0 unspecified atom stereocenters. The van der Waals surface area contributed by atoms with Crippen LogP contribution in [0.1, 0.15) is 5.56 Å². The Hall–Kier alpha value is 0.571. The average Bonchev–Trinajstić information content (AvgIpc) is 2.00. The topological polar surface area (TPSA) is 0 Å². The second kappa shape index (κ2) is 6.34. The Balaban J connectivity index is 0.00000196. The van der Waals surface area contributed by atoms with Crippen LogP contribution < -0.4 is 51.4 Å². The standard InChI is InChI=1S/C8H7BF5.K/c10-7-2-1-6(8(11)5-7)3-4-9(12,13)14;/h1-2,5H,3-4H2;/q-1;+1. The van der Waals surface area contributed by atoms with E-state index in [2.05, 4.69) is 0 Å². The van der Waals surface area contributed by atoms with Gasteiger partial charge >= 0.3 is 58.4 Å². The van der Waals surface area contributed by atoms with Gasteiger partial charge in [-0.25, -0.2) is 8.78 Å². The number of aryl methyl sites for hydroxylation is 1. The summed E-state index contributed by atoms with van der Waals surface area (Å²) in [6, 6.07) is 2.56. The van der Waals surface area contributed by atoms with E-state index in [0.29, 0.717) is 6.07 Å². The molecule has 15 heavy (non-hydrogen) atoms. The Morgan fingerprint density at radius 2 is 1.67 bits per heavy atom. The monoisotopic (exact) mass is 248 g/mol. The summed E-state index contributed by atoms with van der Waals surface area (Å²) in [5.41, 5.74) is -0.106. The third-order valence-corrected chi connectivity index (χ3v) is 1.76. The maximum absolute atomic E-state index is 12.8. The molecule has 0 aromatic heterocycles. The van der Waals surface area contributed by atoms with E-state index in [1.165, 1.54) is 0 Å². The van der Waals surface area contributed by atoms with E-state index in [-0.39, 0.29) is 56.9 Å². The van der Waals surface area contributed by atoms with Gasteiger partial charge in [-0.15, -0.1) is 0 Å². The van der Waals surface area contributed by atoms with E-state index in [1.807, 2.05) is 0 Å². The van der Waals surface area contributed by atoms with Crippen molar-refractivity contribution >= 4 is 6.98 Å². The smallest absolute Gasteiger partial charge is 0.449 e. The summed E-state index contributed by atoms with van der Waals surface area (Å²) >= 11 is 0. The summed E-state index contributed by atoms with van der Waals surface area (Å²) in [6.07, 6.45) is -1.47. The van der Waals surface area contributed by atoms with Gasteiger partial charge in [0.1, 0.15) is 11.6 Å². The number of hydrogen-bond acceptors (Lipinski definition) is 0. The van der Waals surface area contributed by atoms with Crippen molar-refractivity contribution < 1.29 is 73.1 Å². The number of rotatable bonds is 3. The first-order valence-electron chi connectivity index (χ1n) is 4.03. The van der Waals surface area contributed by atoms with E-state index < -0.39 is 31.4 Å². The summed E-state index contributed by atoms with van der Waals surface area (Å²) in [5, 5.41) is 0. The average molecular weight is 248 g/mol. The van der Waals surface area contributed by atoms with E-state index in [4.69, 9.17) is 0 Å². The molecule has 0 fully saturated rings. The second-order valence-electron chi connectivity index (χ2n) is 2.98. The molecule has 0 spiro atoms. The van der Waals surface area contributed by atoms with Gasteiger partial charge in [0.05, 0.1) is 0 Å². The SMILES string of the molecule is Fc1ccc(CC[B-](F)(F)F)c(F)c1.[K+]. The summed E-state index contributed by atoms with van der Waals surface area (Å²) in [4.78, 5) is 0. The van der Waals surface area contributed by atoms with Gasteiger partial charge < -0.3 is 12.9 Å². The van der Waals surface area contributed by atoms with Gasteiger partial charge in [-0.3, -0.25) is 0 Å². The molecule has 0 amide bonds. The maximum Gasteiger partial charge on any atom is 1.00 e. The van der Waals surface area contributed by atoms with Gasteiger partial charge in [0.15, 0.2) is 0 Å². The van der Waals surface area contributed by atoms with Crippen molar-refractivity contribution in [3.63, 3.8) is 0 Å². The molecule has 0 saturated heterocycles. The van der Waals surface area contributed by atoms with Gasteiger partial charge in [0, 0.05) is 6.07 Å². The van der Waals surface area contributed by atoms with Crippen molar-refractivity contribution in [3.8, 4) is 0 Å². The minimum absolute atomic E-state index is 0. The zero-order valence-corrected chi connectivity index (χ0v) is 11.2. The minimum atomic E-state index is -4.91. The molecule has 0 aliphatic heterocycles. The van der Waals surface area contributed by atoms with Gasteiger partial charge in [0.2, 0.25) is 0 Å². The van der Waals surface area contributed by atoms with Crippen LogP contribution in [0.15, 0.2) is 18.2 Å². The fourth-order valence-corrected chi connectivity index (χ4v) is 1.04. The van der Waals surface area contributed by atoms with Crippen LogP contribution in [0.2, 0.25) is 6.32 Å². The molecule has 0 saturated carbocycles. The van der Waals surface area contributed by atoms with Crippen LogP contribution >= 0.6 is 0 Å². The molecular formula is C8H7BF5K. The number of halogens is 5. The molecule has 0 N–H and O–H groups in total. The molecule has 78 valence electrons. The normalized spacial score (nSPS) is 11.0. The molecule has 0 bridgehead atoms. The number of hydrogen-bond donors (Lipinski definition) is 0. The van der Waals surface area contributed by atoms with Crippen LogP contribution in [0.3, 0.4) is 0 Å². The van der Waals surface area contributed by atoms with E-state index in [1.54, 1.807) is 0 Å². The molecule has 0 nitrogen and oxygen atoms in total. The molecule has 0 aliphatic rings. The van der Waals surface area contributed by atoms with Crippen molar-refractivity contribution in [1.82, 2.24) is 0 Å². The first-order chi connectivity index (χ1) is 6.38. The fourth-order valence-electron chi connectivity index (χ4n) is 1.04. The summed E-state index contributed by atoms with van der Waals surface area (Å²) in [7, 11) is 0. The number of benzene rings is 1. The van der Waals surface area contributed by atoms with E-state index in [0.717, 1.165) is 12.1 Å². The Labute approximate surface area is 127 Å². The predicted molar refractivity (Wildman–Crippen MR) is 43.9 cm³/mol. The molecule has 1 aromatic carbocycles. The van der Waals surface area contributed by atoms with Crippen molar-refractivity contribution in [2.24, 2.45) is 0 Å². The zero-order chi connectivity index (χ0) is 10.8. The van der Waals surface area contributed by atoms with Gasteiger partial charge in [-0.1, -0.05) is 12.4 Å². The predicted octanol–water partition coefficient (Wildman–Crippen LogP) is 0.359. The van der Waals surface area contributed by atoms with Crippen LogP contribution in [0, 0.1) is 11.6 Å². The van der Waals surface area contributed by atoms with Gasteiger partial charge in [0.25, 0.3) is 0 Å². The molecule has 0 radical (unpaired) electrons. The van der Waals surface area contributed by atoms with E-state index >= 15 is 0 Å². The Morgan fingerprint density at radius 1 is 1.07 bits per heavy atom. The molecular weight excluding hydrogens is 241 g/mol.